The molecule has 0 spiro atoms. The van der Waals surface area contributed by atoms with Gasteiger partial charge in [0.15, 0.2) is 5.17 Å². The van der Waals surface area contributed by atoms with Gasteiger partial charge in [-0.2, -0.15) is 5.26 Å². The molecule has 12 heavy (non-hydrogen) atoms. The molecular weight excluding hydrogens is 170 g/mol. The Labute approximate surface area is 77.5 Å². The van der Waals surface area contributed by atoms with E-state index in [9.17, 15) is 0 Å². The molecule has 66 valence electrons. The van der Waals surface area contributed by atoms with Crippen molar-refractivity contribution in [2.45, 2.75) is 25.8 Å². The second kappa shape index (κ2) is 4.36. The number of hydrogen-bond acceptors (Lipinski definition) is 3. The summed E-state index contributed by atoms with van der Waals surface area (Å²) in [6.45, 7) is 3.22. The van der Waals surface area contributed by atoms with Gasteiger partial charge in [-0.3, -0.25) is 0 Å². The van der Waals surface area contributed by atoms with Gasteiger partial charge in [0.05, 0.1) is 0 Å². The molecule has 1 rings (SSSR count). The van der Waals surface area contributed by atoms with Crippen LogP contribution in [0.2, 0.25) is 0 Å². The summed E-state index contributed by atoms with van der Waals surface area (Å²) in [5.41, 5.74) is 0. The first-order valence-corrected chi connectivity index (χ1v) is 5.29. The monoisotopic (exact) mass is 183 g/mol. The minimum absolute atomic E-state index is 0.546. The van der Waals surface area contributed by atoms with Gasteiger partial charge in [-0.25, -0.2) is 0 Å². The second-order valence-electron chi connectivity index (χ2n) is 2.88. The van der Waals surface area contributed by atoms with Gasteiger partial charge in [0.2, 0.25) is 6.19 Å². The highest BCUT2D eigenvalue weighted by molar-refractivity contribution is 8.13. The number of likely N-dealkylation sites (tertiary alicyclic amines) is 1. The molecule has 0 amide bonds. The fourth-order valence-corrected chi connectivity index (χ4v) is 2.13. The van der Waals surface area contributed by atoms with Gasteiger partial charge in [-0.05, 0) is 26.0 Å². The molecule has 1 saturated heterocycles. The van der Waals surface area contributed by atoms with Crippen molar-refractivity contribution in [1.82, 2.24) is 4.90 Å². The minimum Gasteiger partial charge on any atom is -0.348 e. The van der Waals surface area contributed by atoms with E-state index < -0.39 is 0 Å². The molecule has 4 heteroatoms. The molecule has 1 unspecified atom stereocenters. The summed E-state index contributed by atoms with van der Waals surface area (Å²) >= 11 is 1.55. The lowest BCUT2D eigenvalue weighted by Gasteiger charge is -2.22. The third kappa shape index (κ3) is 1.92. The summed E-state index contributed by atoms with van der Waals surface area (Å²) in [6.07, 6.45) is 6.23. The summed E-state index contributed by atoms with van der Waals surface area (Å²) < 4.78 is 0. The number of aliphatic imine (C=N–C) groups is 1. The Balaban J connectivity index is 2.67. The fourth-order valence-electron chi connectivity index (χ4n) is 1.49. The minimum atomic E-state index is 0.546. The number of amidine groups is 1. The van der Waals surface area contributed by atoms with Crippen LogP contribution in [0.5, 0.6) is 0 Å². The van der Waals surface area contributed by atoms with Crippen LogP contribution in [-0.2, 0) is 0 Å². The Hall–Kier alpha value is -0.690. The van der Waals surface area contributed by atoms with Gasteiger partial charge in [-0.15, -0.1) is 4.99 Å². The number of hydrogen-bond donors (Lipinski definition) is 0. The van der Waals surface area contributed by atoms with Gasteiger partial charge in [-0.1, -0.05) is 11.8 Å². The van der Waals surface area contributed by atoms with E-state index in [0.29, 0.717) is 6.04 Å². The molecule has 0 N–H and O–H groups in total. The zero-order valence-electron chi connectivity index (χ0n) is 7.45. The standard InChI is InChI=1S/C8H13N3S/c1-7-4-3-5-11(7)8(12-2)10-6-9/h7H,3-5H2,1-2H3. The largest absolute Gasteiger partial charge is 0.348 e. The van der Waals surface area contributed by atoms with Gasteiger partial charge in [0.25, 0.3) is 0 Å². The Bertz CT molecular complexity index is 219. The van der Waals surface area contributed by atoms with Crippen molar-refractivity contribution in [2.24, 2.45) is 4.99 Å². The molecule has 0 aromatic heterocycles. The van der Waals surface area contributed by atoms with Crippen LogP contribution >= 0.6 is 11.8 Å². The number of thioether (sulfide) groups is 1. The highest BCUT2D eigenvalue weighted by atomic mass is 32.2. The van der Waals surface area contributed by atoms with E-state index in [4.69, 9.17) is 5.26 Å². The first-order valence-electron chi connectivity index (χ1n) is 4.07. The van der Waals surface area contributed by atoms with E-state index in [0.717, 1.165) is 11.7 Å². The zero-order chi connectivity index (χ0) is 8.97. The maximum atomic E-state index is 8.44. The maximum absolute atomic E-state index is 8.44. The highest BCUT2D eigenvalue weighted by Gasteiger charge is 2.22. The molecule has 1 atom stereocenters. The SMILES string of the molecule is CSC(=NC#N)N1CCCC1C. The van der Waals surface area contributed by atoms with Crippen molar-refractivity contribution in [2.75, 3.05) is 12.8 Å². The maximum Gasteiger partial charge on any atom is 0.208 e. The molecule has 0 saturated carbocycles. The first kappa shape index (κ1) is 9.40. The molecular formula is C8H13N3S. The lowest BCUT2D eigenvalue weighted by molar-refractivity contribution is 0.423. The number of rotatable bonds is 0. The van der Waals surface area contributed by atoms with Gasteiger partial charge in [0.1, 0.15) is 0 Å². The normalized spacial score (nSPS) is 24.2. The summed E-state index contributed by atoms with van der Waals surface area (Å²) in [5, 5.41) is 9.30. The molecule has 1 heterocycles. The third-order valence-electron chi connectivity index (χ3n) is 2.13. The van der Waals surface area contributed by atoms with E-state index >= 15 is 0 Å². The summed E-state index contributed by atoms with van der Waals surface area (Å²) in [6, 6.07) is 0.546. The van der Waals surface area contributed by atoms with Crippen LogP contribution in [0.1, 0.15) is 19.8 Å². The molecule has 0 aliphatic carbocycles. The summed E-state index contributed by atoms with van der Waals surface area (Å²) in [4.78, 5) is 5.99. The molecule has 3 nitrogen and oxygen atoms in total. The Kier molecular flexibility index (Phi) is 3.42. The van der Waals surface area contributed by atoms with Crippen LogP contribution in [0.15, 0.2) is 4.99 Å². The van der Waals surface area contributed by atoms with Crippen LogP contribution < -0.4 is 0 Å². The molecule has 0 aromatic rings. The third-order valence-corrected chi connectivity index (χ3v) is 2.82. The topological polar surface area (TPSA) is 39.4 Å². The number of nitriles is 1. The summed E-state index contributed by atoms with van der Waals surface area (Å²) in [5.74, 6) is 0. The van der Waals surface area contributed by atoms with Gasteiger partial charge >= 0.3 is 0 Å². The molecule has 1 fully saturated rings. The van der Waals surface area contributed by atoms with Crippen molar-refractivity contribution >= 4 is 16.9 Å². The van der Waals surface area contributed by atoms with E-state index in [2.05, 4.69) is 16.8 Å². The molecule has 1 aliphatic heterocycles. The molecule has 0 aromatic carbocycles. The highest BCUT2D eigenvalue weighted by Crippen LogP contribution is 2.20. The average Bonchev–Trinajstić information content (AvgIpc) is 2.47. The predicted molar refractivity (Wildman–Crippen MR) is 52.0 cm³/mol. The molecule has 0 bridgehead atoms. The Morgan fingerprint density at radius 3 is 2.92 bits per heavy atom. The van der Waals surface area contributed by atoms with Crippen molar-refractivity contribution in [3.05, 3.63) is 0 Å². The van der Waals surface area contributed by atoms with E-state index in [1.54, 1.807) is 11.8 Å². The van der Waals surface area contributed by atoms with E-state index in [1.807, 2.05) is 12.4 Å². The van der Waals surface area contributed by atoms with Crippen LogP contribution in [-0.4, -0.2) is 28.9 Å². The smallest absolute Gasteiger partial charge is 0.208 e. The number of nitrogens with zero attached hydrogens (tertiary/aromatic N) is 3. The lowest BCUT2D eigenvalue weighted by atomic mass is 10.2. The second-order valence-corrected chi connectivity index (χ2v) is 3.66. The van der Waals surface area contributed by atoms with Crippen LogP contribution in [0, 0.1) is 11.5 Å². The quantitative estimate of drug-likeness (QED) is 0.326. The van der Waals surface area contributed by atoms with Crippen LogP contribution in [0.4, 0.5) is 0 Å². The fraction of sp³-hybridized carbons (Fsp3) is 0.750. The van der Waals surface area contributed by atoms with Crippen molar-refractivity contribution in [3.8, 4) is 6.19 Å². The average molecular weight is 183 g/mol. The molecule has 0 radical (unpaired) electrons. The van der Waals surface area contributed by atoms with Crippen molar-refractivity contribution in [3.63, 3.8) is 0 Å². The first-order chi connectivity index (χ1) is 5.79. The van der Waals surface area contributed by atoms with Crippen LogP contribution in [0.3, 0.4) is 0 Å². The van der Waals surface area contributed by atoms with Crippen molar-refractivity contribution in [1.29, 1.82) is 5.26 Å². The predicted octanol–water partition coefficient (Wildman–Crippen LogP) is 1.67. The Morgan fingerprint density at radius 2 is 2.50 bits per heavy atom. The van der Waals surface area contributed by atoms with Crippen LogP contribution in [0.25, 0.3) is 0 Å². The Morgan fingerprint density at radius 1 is 1.75 bits per heavy atom. The van der Waals surface area contributed by atoms with Crippen molar-refractivity contribution < 1.29 is 0 Å². The van der Waals surface area contributed by atoms with Gasteiger partial charge in [0, 0.05) is 12.6 Å². The zero-order valence-corrected chi connectivity index (χ0v) is 8.27. The molecule has 1 aliphatic rings. The van der Waals surface area contributed by atoms with E-state index in [1.165, 1.54) is 12.8 Å². The van der Waals surface area contributed by atoms with Gasteiger partial charge < -0.3 is 4.90 Å². The lowest BCUT2D eigenvalue weighted by Crippen LogP contribution is -2.31. The van der Waals surface area contributed by atoms with E-state index in [-0.39, 0.29) is 0 Å². The summed E-state index contributed by atoms with van der Waals surface area (Å²) in [7, 11) is 0.